The molecular formula is C16H16N4O5. The smallest absolute Gasteiger partial charge is 0.258 e. The largest absolute Gasteiger partial charge is 0.484 e. The van der Waals surface area contributed by atoms with Gasteiger partial charge in [0.25, 0.3) is 5.91 Å². The van der Waals surface area contributed by atoms with Crippen molar-refractivity contribution in [3.63, 3.8) is 0 Å². The highest BCUT2D eigenvalue weighted by Crippen LogP contribution is 2.22. The lowest BCUT2D eigenvalue weighted by Crippen LogP contribution is -2.53. The minimum absolute atomic E-state index is 0.387. The van der Waals surface area contributed by atoms with Crippen molar-refractivity contribution in [1.82, 2.24) is 10.3 Å². The first-order chi connectivity index (χ1) is 12.0. The van der Waals surface area contributed by atoms with E-state index in [9.17, 15) is 14.4 Å². The molecule has 0 radical (unpaired) electrons. The summed E-state index contributed by atoms with van der Waals surface area (Å²) in [6.45, 7) is -0.419. The number of primary amides is 2. The summed E-state index contributed by atoms with van der Waals surface area (Å²) in [4.78, 5) is 37.7. The molecular weight excluding hydrogens is 328 g/mol. The Balaban J connectivity index is 1.86. The van der Waals surface area contributed by atoms with Gasteiger partial charge in [-0.15, -0.1) is 0 Å². The van der Waals surface area contributed by atoms with Gasteiger partial charge < -0.3 is 26.3 Å². The number of hydrogen-bond acceptors (Lipinski definition) is 6. The molecule has 0 unspecified atom stereocenters. The Morgan fingerprint density at radius 2 is 1.64 bits per heavy atom. The molecule has 25 heavy (non-hydrogen) atoms. The molecule has 0 bridgehead atoms. The van der Waals surface area contributed by atoms with Gasteiger partial charge in [-0.25, -0.2) is 4.98 Å². The molecule has 0 aliphatic rings. The van der Waals surface area contributed by atoms with Crippen LogP contribution in [0.5, 0.6) is 17.4 Å². The first-order valence-corrected chi connectivity index (χ1v) is 7.15. The molecule has 0 aliphatic carbocycles. The van der Waals surface area contributed by atoms with Crippen LogP contribution in [0.25, 0.3) is 0 Å². The van der Waals surface area contributed by atoms with Crippen LogP contribution in [0.15, 0.2) is 48.7 Å². The van der Waals surface area contributed by atoms with Gasteiger partial charge in [0.2, 0.25) is 17.7 Å². The Bertz CT molecular complexity index is 735. The Morgan fingerprint density at radius 3 is 2.20 bits per heavy atom. The quantitative estimate of drug-likeness (QED) is 0.561. The fourth-order valence-electron chi connectivity index (χ4n) is 1.77. The van der Waals surface area contributed by atoms with E-state index < -0.39 is 30.4 Å². The summed E-state index contributed by atoms with van der Waals surface area (Å²) in [5.74, 6) is -1.43. The minimum atomic E-state index is -1.58. The molecule has 0 saturated heterocycles. The zero-order valence-electron chi connectivity index (χ0n) is 13.0. The molecule has 130 valence electrons. The van der Waals surface area contributed by atoms with Gasteiger partial charge >= 0.3 is 0 Å². The molecule has 9 nitrogen and oxygen atoms in total. The number of nitrogens with zero attached hydrogens (tertiary/aromatic N) is 1. The molecule has 0 saturated carbocycles. The third-order valence-corrected chi connectivity index (χ3v) is 2.93. The van der Waals surface area contributed by atoms with Crippen LogP contribution in [0, 0.1) is 0 Å². The number of nitrogens with one attached hydrogen (secondary N) is 1. The lowest BCUT2D eigenvalue weighted by atomic mass is 10.2. The van der Waals surface area contributed by atoms with E-state index in [0.29, 0.717) is 17.4 Å². The first-order valence-electron chi connectivity index (χ1n) is 7.15. The highest BCUT2D eigenvalue weighted by Gasteiger charge is 2.23. The second-order valence-electron chi connectivity index (χ2n) is 4.84. The third kappa shape index (κ3) is 5.50. The van der Waals surface area contributed by atoms with Crippen molar-refractivity contribution >= 4 is 17.7 Å². The number of hydrogen-bond donors (Lipinski definition) is 3. The van der Waals surface area contributed by atoms with Crippen molar-refractivity contribution < 1.29 is 23.9 Å². The van der Waals surface area contributed by atoms with Crippen molar-refractivity contribution in [2.45, 2.75) is 6.04 Å². The summed E-state index contributed by atoms with van der Waals surface area (Å²) in [6, 6.07) is 10.2. The highest BCUT2D eigenvalue weighted by atomic mass is 16.5. The van der Waals surface area contributed by atoms with Gasteiger partial charge in [0.15, 0.2) is 12.6 Å². The molecule has 9 heteroatoms. The Kier molecular flexibility index (Phi) is 5.88. The van der Waals surface area contributed by atoms with Gasteiger partial charge in [0, 0.05) is 12.3 Å². The summed E-state index contributed by atoms with van der Waals surface area (Å²) in [5, 5.41) is 2.08. The third-order valence-electron chi connectivity index (χ3n) is 2.93. The summed E-state index contributed by atoms with van der Waals surface area (Å²) in [7, 11) is 0. The maximum absolute atomic E-state index is 11.7. The van der Waals surface area contributed by atoms with E-state index in [1.165, 1.54) is 0 Å². The second-order valence-corrected chi connectivity index (χ2v) is 4.84. The molecule has 2 aromatic rings. The average Bonchev–Trinajstić information content (AvgIpc) is 2.59. The maximum atomic E-state index is 11.7. The Morgan fingerprint density at radius 1 is 1.00 bits per heavy atom. The predicted molar refractivity (Wildman–Crippen MR) is 86.6 cm³/mol. The molecule has 5 N–H and O–H groups in total. The highest BCUT2D eigenvalue weighted by molar-refractivity contribution is 6.05. The zero-order valence-corrected chi connectivity index (χ0v) is 13.0. The lowest BCUT2D eigenvalue weighted by molar-refractivity contribution is -0.134. The number of ether oxygens (including phenoxy) is 2. The van der Waals surface area contributed by atoms with Crippen molar-refractivity contribution in [1.29, 1.82) is 0 Å². The lowest BCUT2D eigenvalue weighted by Gasteiger charge is -2.12. The fraction of sp³-hybridized carbons (Fsp3) is 0.125. The van der Waals surface area contributed by atoms with E-state index in [4.69, 9.17) is 20.9 Å². The topological polar surface area (TPSA) is 147 Å². The molecule has 0 spiro atoms. The Hall–Kier alpha value is -3.62. The van der Waals surface area contributed by atoms with Crippen LogP contribution in [0.2, 0.25) is 0 Å². The SMILES string of the molecule is NC(=O)C(NC(=O)COc1ccc(Oc2ccccn2)cc1)C(N)=O. The Labute approximate surface area is 142 Å². The number of carbonyl (C=O) groups excluding carboxylic acids is 3. The van der Waals surface area contributed by atoms with Crippen molar-refractivity contribution in [2.75, 3.05) is 6.61 Å². The van der Waals surface area contributed by atoms with Gasteiger partial charge in [-0.1, -0.05) is 6.07 Å². The summed E-state index contributed by atoms with van der Waals surface area (Å²) >= 11 is 0. The van der Waals surface area contributed by atoms with E-state index in [1.54, 1.807) is 48.7 Å². The standard InChI is InChI=1S/C16H16N4O5/c17-15(22)14(16(18)23)20-12(21)9-24-10-4-6-11(7-5-10)25-13-3-1-2-8-19-13/h1-8,14H,9H2,(H2,17,22)(H2,18,23)(H,20,21). The molecule has 3 amide bonds. The van der Waals surface area contributed by atoms with Crippen LogP contribution < -0.4 is 26.3 Å². The molecule has 0 atom stereocenters. The van der Waals surface area contributed by atoms with Crippen molar-refractivity contribution in [3.05, 3.63) is 48.7 Å². The van der Waals surface area contributed by atoms with E-state index >= 15 is 0 Å². The number of amides is 3. The van der Waals surface area contributed by atoms with Crippen LogP contribution in [0.3, 0.4) is 0 Å². The number of rotatable bonds is 8. The second kappa shape index (κ2) is 8.29. The van der Waals surface area contributed by atoms with Crippen molar-refractivity contribution in [3.8, 4) is 17.4 Å². The predicted octanol–water partition coefficient (Wildman–Crippen LogP) is -0.292. The van der Waals surface area contributed by atoms with Crippen LogP contribution in [0.4, 0.5) is 0 Å². The van der Waals surface area contributed by atoms with Crippen LogP contribution in [0.1, 0.15) is 0 Å². The van der Waals surface area contributed by atoms with Gasteiger partial charge in [0.1, 0.15) is 11.5 Å². The van der Waals surface area contributed by atoms with Crippen molar-refractivity contribution in [2.24, 2.45) is 11.5 Å². The molecule has 0 fully saturated rings. The van der Waals surface area contributed by atoms with Crippen LogP contribution in [-0.4, -0.2) is 35.4 Å². The number of aromatic nitrogens is 1. The van der Waals surface area contributed by atoms with Gasteiger partial charge in [-0.2, -0.15) is 0 Å². The number of carbonyl (C=O) groups is 3. The van der Waals surface area contributed by atoms with Gasteiger partial charge in [0.05, 0.1) is 0 Å². The van der Waals surface area contributed by atoms with E-state index in [2.05, 4.69) is 10.3 Å². The summed E-state index contributed by atoms with van der Waals surface area (Å²) in [6.07, 6.45) is 1.61. The van der Waals surface area contributed by atoms with Crippen LogP contribution >= 0.6 is 0 Å². The van der Waals surface area contributed by atoms with E-state index in [1.807, 2.05) is 0 Å². The maximum Gasteiger partial charge on any atom is 0.258 e. The van der Waals surface area contributed by atoms with Gasteiger partial charge in [-0.05, 0) is 30.3 Å². The van der Waals surface area contributed by atoms with E-state index in [-0.39, 0.29) is 0 Å². The van der Waals surface area contributed by atoms with Crippen LogP contribution in [-0.2, 0) is 14.4 Å². The monoisotopic (exact) mass is 344 g/mol. The fourth-order valence-corrected chi connectivity index (χ4v) is 1.77. The molecule has 1 aromatic heterocycles. The van der Waals surface area contributed by atoms with Gasteiger partial charge in [-0.3, -0.25) is 14.4 Å². The molecule has 2 rings (SSSR count). The number of pyridine rings is 1. The average molecular weight is 344 g/mol. The first kappa shape index (κ1) is 17.7. The zero-order chi connectivity index (χ0) is 18.2. The molecule has 1 heterocycles. The summed E-state index contributed by atoms with van der Waals surface area (Å²) in [5.41, 5.74) is 9.92. The normalized spacial score (nSPS) is 10.1. The summed E-state index contributed by atoms with van der Waals surface area (Å²) < 4.78 is 10.8. The number of nitrogens with two attached hydrogens (primary N) is 2. The molecule has 0 aliphatic heterocycles. The van der Waals surface area contributed by atoms with E-state index in [0.717, 1.165) is 0 Å². The minimum Gasteiger partial charge on any atom is -0.484 e. The number of benzene rings is 1. The molecule has 1 aromatic carbocycles.